The van der Waals surface area contributed by atoms with E-state index in [4.69, 9.17) is 5.73 Å². The summed E-state index contributed by atoms with van der Waals surface area (Å²) in [5.41, 5.74) is 8.26. The highest BCUT2D eigenvalue weighted by atomic mass is 16.2. The summed E-state index contributed by atoms with van der Waals surface area (Å²) in [6, 6.07) is 14.4. The molecule has 0 aliphatic carbocycles. The van der Waals surface area contributed by atoms with Crippen molar-refractivity contribution >= 4 is 23.2 Å². The second-order valence-corrected chi connectivity index (χ2v) is 5.29. The lowest BCUT2D eigenvalue weighted by molar-refractivity contribution is -0.116. The zero-order valence-corrected chi connectivity index (χ0v) is 13.1. The number of nitrogens with one attached hydrogen (secondary N) is 2. The Bertz CT molecular complexity index is 684. The summed E-state index contributed by atoms with van der Waals surface area (Å²) in [6.45, 7) is 2.39. The van der Waals surface area contributed by atoms with Crippen LogP contribution in [0.25, 0.3) is 0 Å². The molecule has 0 aliphatic rings. The van der Waals surface area contributed by atoms with Crippen molar-refractivity contribution in [3.8, 4) is 0 Å². The summed E-state index contributed by atoms with van der Waals surface area (Å²) in [6.07, 6.45) is 1.03. The second-order valence-electron chi connectivity index (χ2n) is 5.29. The first kappa shape index (κ1) is 16.7. The highest BCUT2D eigenvalue weighted by molar-refractivity contribution is 6.04. The van der Waals surface area contributed by atoms with E-state index in [1.165, 1.54) is 0 Å². The van der Waals surface area contributed by atoms with E-state index in [1.807, 2.05) is 37.3 Å². The van der Waals surface area contributed by atoms with Crippen LogP contribution in [0.15, 0.2) is 48.5 Å². The summed E-state index contributed by atoms with van der Waals surface area (Å²) in [5.74, 6) is -0.264. The minimum Gasteiger partial charge on any atom is -0.330 e. The molecule has 23 heavy (non-hydrogen) atoms. The predicted molar refractivity (Wildman–Crippen MR) is 92.5 cm³/mol. The lowest BCUT2D eigenvalue weighted by Crippen LogP contribution is -2.15. The fourth-order valence-corrected chi connectivity index (χ4v) is 2.10. The molecule has 5 nitrogen and oxygen atoms in total. The number of anilines is 2. The zero-order chi connectivity index (χ0) is 16.7. The van der Waals surface area contributed by atoms with Crippen molar-refractivity contribution in [1.29, 1.82) is 0 Å². The summed E-state index contributed by atoms with van der Waals surface area (Å²) in [7, 11) is 0. The first-order chi connectivity index (χ1) is 11.1. The van der Waals surface area contributed by atoms with E-state index in [-0.39, 0.29) is 11.8 Å². The molecule has 4 N–H and O–H groups in total. The Labute approximate surface area is 135 Å². The van der Waals surface area contributed by atoms with Crippen molar-refractivity contribution in [3.63, 3.8) is 0 Å². The van der Waals surface area contributed by atoms with Gasteiger partial charge in [-0.3, -0.25) is 9.59 Å². The van der Waals surface area contributed by atoms with Crippen molar-refractivity contribution in [2.75, 3.05) is 17.2 Å². The van der Waals surface area contributed by atoms with Gasteiger partial charge in [0.15, 0.2) is 0 Å². The number of benzene rings is 2. The van der Waals surface area contributed by atoms with Crippen LogP contribution in [0.3, 0.4) is 0 Å². The molecule has 2 aromatic carbocycles. The third kappa shape index (κ3) is 4.93. The van der Waals surface area contributed by atoms with Gasteiger partial charge in [-0.1, -0.05) is 24.3 Å². The highest BCUT2D eigenvalue weighted by Crippen LogP contribution is 2.21. The Morgan fingerprint density at radius 2 is 1.78 bits per heavy atom. The number of aryl methyl sites for hydroxylation is 1. The van der Waals surface area contributed by atoms with Crippen molar-refractivity contribution in [1.82, 2.24) is 0 Å². The number of carbonyl (C=O) groups is 2. The van der Waals surface area contributed by atoms with Gasteiger partial charge in [-0.05, 0) is 49.7 Å². The minimum atomic E-state index is -0.185. The van der Waals surface area contributed by atoms with Crippen molar-refractivity contribution in [3.05, 3.63) is 59.7 Å². The maximum absolute atomic E-state index is 12.2. The molecule has 0 saturated carbocycles. The van der Waals surface area contributed by atoms with Crippen molar-refractivity contribution in [2.45, 2.75) is 19.8 Å². The highest BCUT2D eigenvalue weighted by Gasteiger charge is 2.08. The molecule has 2 aromatic rings. The average Bonchev–Trinajstić information content (AvgIpc) is 2.56. The second kappa shape index (κ2) is 8.10. The van der Waals surface area contributed by atoms with E-state index in [9.17, 15) is 9.59 Å². The normalized spacial score (nSPS) is 10.2. The molecule has 0 aromatic heterocycles. The molecule has 0 fully saturated rings. The molecular weight excluding hydrogens is 290 g/mol. The average molecular weight is 311 g/mol. The zero-order valence-electron chi connectivity index (χ0n) is 13.1. The Morgan fingerprint density at radius 1 is 1.04 bits per heavy atom. The summed E-state index contributed by atoms with van der Waals surface area (Å²) >= 11 is 0. The molecule has 2 rings (SSSR count). The lowest BCUT2D eigenvalue weighted by Gasteiger charge is -2.11. The Morgan fingerprint density at radius 3 is 2.48 bits per heavy atom. The van der Waals surface area contributed by atoms with Crippen LogP contribution in [0, 0.1) is 6.92 Å². The van der Waals surface area contributed by atoms with Gasteiger partial charge in [0.25, 0.3) is 5.91 Å². The molecule has 5 heteroatoms. The maximum atomic E-state index is 12.2. The van der Waals surface area contributed by atoms with Crippen LogP contribution < -0.4 is 16.4 Å². The van der Waals surface area contributed by atoms with E-state index < -0.39 is 0 Å². The number of carbonyl (C=O) groups excluding carboxylic acids is 2. The van der Waals surface area contributed by atoms with Gasteiger partial charge in [0.2, 0.25) is 5.91 Å². The third-order valence-electron chi connectivity index (χ3n) is 3.41. The van der Waals surface area contributed by atoms with Gasteiger partial charge in [-0.15, -0.1) is 0 Å². The van der Waals surface area contributed by atoms with E-state index in [2.05, 4.69) is 10.6 Å². The topological polar surface area (TPSA) is 84.2 Å². The van der Waals surface area contributed by atoms with E-state index in [0.29, 0.717) is 36.3 Å². The van der Waals surface area contributed by atoms with E-state index >= 15 is 0 Å². The van der Waals surface area contributed by atoms with E-state index in [1.54, 1.807) is 18.2 Å². The van der Waals surface area contributed by atoms with Gasteiger partial charge in [-0.25, -0.2) is 0 Å². The Kier molecular flexibility index (Phi) is 5.88. The van der Waals surface area contributed by atoms with Gasteiger partial charge in [0.1, 0.15) is 0 Å². The SMILES string of the molecule is Cc1ccc(NC(=O)c2ccccc2)cc1NC(=O)CCCN. The molecule has 0 radical (unpaired) electrons. The maximum Gasteiger partial charge on any atom is 0.255 e. The summed E-state index contributed by atoms with van der Waals surface area (Å²) in [5, 5.41) is 5.68. The number of hydrogen-bond donors (Lipinski definition) is 3. The Balaban J connectivity index is 2.07. The van der Waals surface area contributed by atoms with Crippen LogP contribution in [-0.2, 0) is 4.79 Å². The molecule has 0 bridgehead atoms. The molecule has 0 atom stereocenters. The molecular formula is C18H21N3O2. The molecule has 0 heterocycles. The lowest BCUT2D eigenvalue weighted by atomic mass is 10.1. The monoisotopic (exact) mass is 311 g/mol. The van der Waals surface area contributed by atoms with Crippen molar-refractivity contribution in [2.24, 2.45) is 5.73 Å². The quantitative estimate of drug-likeness (QED) is 0.767. The van der Waals surface area contributed by atoms with Gasteiger partial charge in [0, 0.05) is 23.4 Å². The molecule has 2 amide bonds. The van der Waals surface area contributed by atoms with Gasteiger partial charge >= 0.3 is 0 Å². The van der Waals surface area contributed by atoms with Crippen LogP contribution in [0.1, 0.15) is 28.8 Å². The number of nitrogens with two attached hydrogens (primary N) is 1. The van der Waals surface area contributed by atoms with Crippen molar-refractivity contribution < 1.29 is 9.59 Å². The predicted octanol–water partition coefficient (Wildman–Crippen LogP) is 2.92. The van der Waals surface area contributed by atoms with Gasteiger partial charge in [0.05, 0.1) is 0 Å². The largest absolute Gasteiger partial charge is 0.330 e. The van der Waals surface area contributed by atoms with Crippen LogP contribution >= 0.6 is 0 Å². The first-order valence-corrected chi connectivity index (χ1v) is 7.57. The Hall–Kier alpha value is -2.66. The molecule has 0 saturated heterocycles. The van der Waals surface area contributed by atoms with Crippen LogP contribution in [0.4, 0.5) is 11.4 Å². The number of amides is 2. The number of rotatable bonds is 6. The summed E-state index contributed by atoms with van der Waals surface area (Å²) in [4.78, 5) is 24.0. The number of hydrogen-bond acceptors (Lipinski definition) is 3. The van der Waals surface area contributed by atoms with Crippen LogP contribution in [0.2, 0.25) is 0 Å². The smallest absolute Gasteiger partial charge is 0.255 e. The first-order valence-electron chi connectivity index (χ1n) is 7.57. The van der Waals surface area contributed by atoms with Gasteiger partial charge in [-0.2, -0.15) is 0 Å². The molecule has 0 spiro atoms. The third-order valence-corrected chi connectivity index (χ3v) is 3.41. The van der Waals surface area contributed by atoms with Crippen LogP contribution in [0.5, 0.6) is 0 Å². The molecule has 0 unspecified atom stereocenters. The fraction of sp³-hybridized carbons (Fsp3) is 0.222. The molecule has 120 valence electrons. The van der Waals surface area contributed by atoms with Crippen LogP contribution in [-0.4, -0.2) is 18.4 Å². The minimum absolute atomic E-state index is 0.0786. The standard InChI is InChI=1S/C18H21N3O2/c1-13-9-10-15(12-16(13)21-17(22)8-5-11-19)20-18(23)14-6-3-2-4-7-14/h2-4,6-7,9-10,12H,5,8,11,19H2,1H3,(H,20,23)(H,21,22). The summed E-state index contributed by atoms with van der Waals surface area (Å²) < 4.78 is 0. The van der Waals surface area contributed by atoms with Gasteiger partial charge < -0.3 is 16.4 Å². The van der Waals surface area contributed by atoms with E-state index in [0.717, 1.165) is 5.56 Å². The fourth-order valence-electron chi connectivity index (χ4n) is 2.10. The molecule has 0 aliphatic heterocycles.